The van der Waals surface area contributed by atoms with Crippen LogP contribution >= 0.6 is 0 Å². The Morgan fingerprint density at radius 2 is 1.75 bits per heavy atom. The molecule has 20 heavy (non-hydrogen) atoms. The number of aromatic nitrogens is 4. The number of anilines is 1. The van der Waals surface area contributed by atoms with Gasteiger partial charge in [-0.05, 0) is 20.8 Å². The number of hydrogen-bond acceptors (Lipinski definition) is 4. The van der Waals surface area contributed by atoms with Gasteiger partial charge >= 0.3 is 0 Å². The van der Waals surface area contributed by atoms with Crippen molar-refractivity contribution in [3.05, 3.63) is 28.3 Å². The summed E-state index contributed by atoms with van der Waals surface area (Å²) in [5, 5.41) is 11.3. The third-order valence-corrected chi connectivity index (χ3v) is 3.57. The van der Waals surface area contributed by atoms with Gasteiger partial charge in [-0.1, -0.05) is 0 Å². The fraction of sp³-hybridized carbons (Fsp3) is 0.462. The van der Waals surface area contributed by atoms with Gasteiger partial charge < -0.3 is 11.1 Å². The molecular weight excluding hydrogens is 256 g/mol. The number of nitrogens with two attached hydrogens (primary N) is 1. The lowest BCUT2D eigenvalue weighted by Crippen LogP contribution is -2.26. The molecule has 7 heteroatoms. The van der Waals surface area contributed by atoms with E-state index >= 15 is 0 Å². The number of rotatable bonds is 3. The maximum atomic E-state index is 12.2. The zero-order chi connectivity index (χ0) is 15.0. The van der Waals surface area contributed by atoms with Crippen LogP contribution < -0.4 is 11.1 Å². The molecule has 108 valence electrons. The van der Waals surface area contributed by atoms with Gasteiger partial charge in [0.05, 0.1) is 17.1 Å². The summed E-state index contributed by atoms with van der Waals surface area (Å²) in [4.78, 5) is 12.2. The Hall–Kier alpha value is -2.31. The minimum atomic E-state index is -0.228. The number of nitrogens with one attached hydrogen (secondary N) is 1. The molecule has 0 fully saturated rings. The van der Waals surface area contributed by atoms with E-state index in [1.54, 1.807) is 18.7 Å². The Kier molecular flexibility index (Phi) is 3.52. The molecule has 0 saturated carbocycles. The summed E-state index contributed by atoms with van der Waals surface area (Å²) in [5.41, 5.74) is 10.3. The van der Waals surface area contributed by atoms with E-state index in [2.05, 4.69) is 15.5 Å². The molecule has 2 heterocycles. The van der Waals surface area contributed by atoms with Gasteiger partial charge in [0, 0.05) is 31.9 Å². The van der Waals surface area contributed by atoms with Crippen LogP contribution in [0.25, 0.3) is 0 Å². The Morgan fingerprint density at radius 3 is 2.20 bits per heavy atom. The summed E-state index contributed by atoms with van der Waals surface area (Å²) in [6.07, 6.45) is 0. The smallest absolute Gasteiger partial charge is 0.271 e. The van der Waals surface area contributed by atoms with Crippen LogP contribution in [0.1, 0.15) is 33.1 Å². The van der Waals surface area contributed by atoms with E-state index in [0.717, 1.165) is 17.0 Å². The van der Waals surface area contributed by atoms with Crippen molar-refractivity contribution in [1.82, 2.24) is 24.9 Å². The topological polar surface area (TPSA) is 90.8 Å². The molecule has 0 aliphatic heterocycles. The van der Waals surface area contributed by atoms with Crippen LogP contribution in [-0.4, -0.2) is 25.5 Å². The molecule has 0 aliphatic carbocycles. The van der Waals surface area contributed by atoms with Gasteiger partial charge in [0.25, 0.3) is 5.91 Å². The number of nitrogen functional groups attached to an aromatic ring is 1. The largest absolute Gasteiger partial charge is 0.395 e. The Labute approximate surface area is 117 Å². The minimum absolute atomic E-state index is 0.228. The molecule has 2 aromatic heterocycles. The van der Waals surface area contributed by atoms with Crippen LogP contribution in [0.15, 0.2) is 0 Å². The highest BCUT2D eigenvalue weighted by Gasteiger charge is 2.18. The van der Waals surface area contributed by atoms with Crippen molar-refractivity contribution in [1.29, 1.82) is 0 Å². The molecular formula is C13H20N6O. The summed E-state index contributed by atoms with van der Waals surface area (Å²) in [6, 6.07) is 0. The van der Waals surface area contributed by atoms with Gasteiger partial charge in [-0.25, -0.2) is 0 Å². The Balaban J connectivity index is 2.17. The van der Waals surface area contributed by atoms with E-state index in [-0.39, 0.29) is 5.91 Å². The van der Waals surface area contributed by atoms with Crippen LogP contribution in [0.5, 0.6) is 0 Å². The average Bonchev–Trinajstić information content (AvgIpc) is 2.75. The first-order valence-corrected chi connectivity index (χ1v) is 6.39. The van der Waals surface area contributed by atoms with Crippen molar-refractivity contribution in [2.45, 2.75) is 27.3 Å². The Morgan fingerprint density at radius 1 is 1.15 bits per heavy atom. The van der Waals surface area contributed by atoms with Crippen molar-refractivity contribution >= 4 is 11.6 Å². The molecule has 0 unspecified atom stereocenters. The van der Waals surface area contributed by atoms with Crippen molar-refractivity contribution < 1.29 is 4.79 Å². The van der Waals surface area contributed by atoms with Crippen molar-refractivity contribution in [3.8, 4) is 0 Å². The highest BCUT2D eigenvalue weighted by Crippen LogP contribution is 2.16. The van der Waals surface area contributed by atoms with E-state index in [0.29, 0.717) is 23.6 Å². The van der Waals surface area contributed by atoms with Crippen LogP contribution in [0, 0.1) is 20.8 Å². The van der Waals surface area contributed by atoms with E-state index in [1.165, 1.54) is 4.68 Å². The second-order valence-corrected chi connectivity index (χ2v) is 4.93. The predicted molar refractivity (Wildman–Crippen MR) is 76.2 cm³/mol. The third-order valence-electron chi connectivity index (χ3n) is 3.57. The Bertz CT molecular complexity index is 667. The molecule has 2 rings (SSSR count). The minimum Gasteiger partial charge on any atom is -0.395 e. The first-order valence-electron chi connectivity index (χ1n) is 6.39. The zero-order valence-corrected chi connectivity index (χ0v) is 12.5. The lowest BCUT2D eigenvalue weighted by atomic mass is 10.2. The summed E-state index contributed by atoms with van der Waals surface area (Å²) >= 11 is 0. The van der Waals surface area contributed by atoms with Crippen LogP contribution in [-0.2, 0) is 20.6 Å². The van der Waals surface area contributed by atoms with Gasteiger partial charge in [0.1, 0.15) is 5.69 Å². The van der Waals surface area contributed by atoms with E-state index < -0.39 is 0 Å². The monoisotopic (exact) mass is 276 g/mol. The molecule has 0 spiro atoms. The van der Waals surface area contributed by atoms with Gasteiger partial charge in [-0.15, -0.1) is 0 Å². The third kappa shape index (κ3) is 2.26. The molecule has 0 aliphatic rings. The fourth-order valence-corrected chi connectivity index (χ4v) is 2.27. The summed E-state index contributed by atoms with van der Waals surface area (Å²) in [6.45, 7) is 6.11. The number of carbonyl (C=O) groups excluding carboxylic acids is 1. The van der Waals surface area contributed by atoms with E-state index in [4.69, 9.17) is 5.73 Å². The van der Waals surface area contributed by atoms with Gasteiger partial charge in [0.2, 0.25) is 0 Å². The quantitative estimate of drug-likeness (QED) is 0.858. The first-order chi connectivity index (χ1) is 9.32. The molecule has 0 saturated heterocycles. The molecule has 7 nitrogen and oxygen atoms in total. The standard InChI is InChI=1S/C13H20N6O/c1-7-10(9(3)18(4)16-7)6-15-13(20)12-11(14)8(2)17-19(12)5/h6,14H2,1-5H3,(H,15,20). The SMILES string of the molecule is Cc1nn(C)c(C(=O)NCc2c(C)nn(C)c2C)c1N. The normalized spacial score (nSPS) is 10.8. The molecule has 0 atom stereocenters. The highest BCUT2D eigenvalue weighted by atomic mass is 16.2. The van der Waals surface area contributed by atoms with E-state index in [1.807, 2.05) is 20.9 Å². The van der Waals surface area contributed by atoms with Crippen molar-refractivity contribution in [2.75, 3.05) is 5.73 Å². The molecule has 1 amide bonds. The molecule has 2 aromatic rings. The lowest BCUT2D eigenvalue weighted by molar-refractivity contribution is 0.0942. The zero-order valence-electron chi connectivity index (χ0n) is 12.5. The van der Waals surface area contributed by atoms with Gasteiger partial charge in [-0.2, -0.15) is 10.2 Å². The number of aryl methyl sites for hydroxylation is 4. The second kappa shape index (κ2) is 4.99. The molecule has 3 N–H and O–H groups in total. The summed E-state index contributed by atoms with van der Waals surface area (Å²) in [5.74, 6) is -0.228. The molecule has 0 bridgehead atoms. The lowest BCUT2D eigenvalue weighted by Gasteiger charge is -2.07. The maximum absolute atomic E-state index is 12.2. The second-order valence-electron chi connectivity index (χ2n) is 4.93. The van der Waals surface area contributed by atoms with Gasteiger partial charge in [-0.3, -0.25) is 14.2 Å². The molecule has 0 aromatic carbocycles. The summed E-state index contributed by atoms with van der Waals surface area (Å²) in [7, 11) is 3.59. The maximum Gasteiger partial charge on any atom is 0.271 e. The predicted octanol–water partition coefficient (Wildman–Crippen LogP) is 0.591. The summed E-state index contributed by atoms with van der Waals surface area (Å²) < 4.78 is 3.31. The van der Waals surface area contributed by atoms with Crippen LogP contribution in [0.3, 0.4) is 0 Å². The fourth-order valence-electron chi connectivity index (χ4n) is 2.27. The molecule has 0 radical (unpaired) electrons. The average molecular weight is 276 g/mol. The number of amides is 1. The number of hydrogen-bond donors (Lipinski definition) is 2. The first kappa shape index (κ1) is 14.1. The van der Waals surface area contributed by atoms with Crippen molar-refractivity contribution in [3.63, 3.8) is 0 Å². The van der Waals surface area contributed by atoms with Gasteiger partial charge in [0.15, 0.2) is 0 Å². The number of carbonyl (C=O) groups is 1. The van der Waals surface area contributed by atoms with Crippen LogP contribution in [0.2, 0.25) is 0 Å². The van der Waals surface area contributed by atoms with Crippen molar-refractivity contribution in [2.24, 2.45) is 14.1 Å². The van der Waals surface area contributed by atoms with Crippen LogP contribution in [0.4, 0.5) is 5.69 Å². The highest BCUT2D eigenvalue weighted by molar-refractivity contribution is 5.97. The number of nitrogens with zero attached hydrogens (tertiary/aromatic N) is 4. The van der Waals surface area contributed by atoms with E-state index in [9.17, 15) is 4.79 Å².